The van der Waals surface area contributed by atoms with Gasteiger partial charge in [-0.3, -0.25) is 9.69 Å². The molecule has 1 aliphatic heterocycles. The van der Waals surface area contributed by atoms with Gasteiger partial charge in [0.1, 0.15) is 6.04 Å². The third-order valence-electron chi connectivity index (χ3n) is 3.40. The predicted molar refractivity (Wildman–Crippen MR) is 70.2 cm³/mol. The van der Waals surface area contributed by atoms with Crippen LogP contribution in [0, 0.1) is 0 Å². The van der Waals surface area contributed by atoms with E-state index in [2.05, 4.69) is 21.9 Å². The Hall–Kier alpha value is -1.39. The molecule has 0 aliphatic carbocycles. The van der Waals surface area contributed by atoms with Crippen molar-refractivity contribution < 1.29 is 9.53 Å². The zero-order valence-corrected chi connectivity index (χ0v) is 11.0. The molecule has 1 aliphatic rings. The van der Waals surface area contributed by atoms with E-state index in [0.717, 1.165) is 26.2 Å². The predicted octanol–water partition coefficient (Wildman–Crippen LogP) is 0.976. The number of benzene rings is 1. The summed E-state index contributed by atoms with van der Waals surface area (Å²) in [5.74, 6) is -0.141. The highest BCUT2D eigenvalue weighted by Gasteiger charge is 2.31. The lowest BCUT2D eigenvalue weighted by atomic mass is 10.1. The quantitative estimate of drug-likeness (QED) is 0.746. The van der Waals surface area contributed by atoms with Crippen LogP contribution in [0.5, 0.6) is 0 Å². The molecule has 0 bridgehead atoms. The van der Waals surface area contributed by atoms with Crippen molar-refractivity contribution >= 4 is 5.97 Å². The Morgan fingerprint density at radius 3 is 2.72 bits per heavy atom. The smallest absolute Gasteiger partial charge is 0.324 e. The maximum Gasteiger partial charge on any atom is 0.324 e. The van der Waals surface area contributed by atoms with Gasteiger partial charge in [0.25, 0.3) is 0 Å². The Bertz CT molecular complexity index is 394. The molecule has 2 rings (SSSR count). The lowest BCUT2D eigenvalue weighted by Crippen LogP contribution is -2.55. The standard InChI is InChI=1S/C14H20N2O2/c1-15-8-9-16(13(11-15)14(17)18-2)10-12-6-4-3-5-7-12/h3-7,13H,8-11H2,1-2H3/t13-/m0/s1. The molecule has 1 saturated heterocycles. The van der Waals surface area contributed by atoms with Crippen LogP contribution in [0.2, 0.25) is 0 Å². The van der Waals surface area contributed by atoms with Gasteiger partial charge >= 0.3 is 5.97 Å². The second-order valence-corrected chi connectivity index (χ2v) is 4.76. The summed E-state index contributed by atoms with van der Waals surface area (Å²) in [4.78, 5) is 16.2. The second-order valence-electron chi connectivity index (χ2n) is 4.76. The molecule has 1 heterocycles. The molecular weight excluding hydrogens is 228 g/mol. The van der Waals surface area contributed by atoms with Crippen molar-refractivity contribution in [3.05, 3.63) is 35.9 Å². The Balaban J connectivity index is 2.07. The molecule has 0 radical (unpaired) electrons. The molecule has 1 aromatic rings. The first-order valence-electron chi connectivity index (χ1n) is 6.25. The second kappa shape index (κ2) is 5.98. The number of likely N-dealkylation sites (N-methyl/N-ethyl adjacent to an activating group) is 1. The van der Waals surface area contributed by atoms with E-state index < -0.39 is 0 Å². The fourth-order valence-corrected chi connectivity index (χ4v) is 2.32. The van der Waals surface area contributed by atoms with E-state index in [4.69, 9.17) is 4.74 Å². The van der Waals surface area contributed by atoms with Crippen LogP contribution in [0.15, 0.2) is 30.3 Å². The van der Waals surface area contributed by atoms with Gasteiger partial charge in [0.15, 0.2) is 0 Å². The number of nitrogens with zero attached hydrogens (tertiary/aromatic N) is 2. The molecule has 0 amide bonds. The van der Waals surface area contributed by atoms with E-state index in [0.29, 0.717) is 0 Å². The molecule has 98 valence electrons. The third kappa shape index (κ3) is 3.09. The number of ether oxygens (including phenoxy) is 1. The van der Waals surface area contributed by atoms with Gasteiger partial charge in [0, 0.05) is 26.2 Å². The average Bonchev–Trinajstić information content (AvgIpc) is 2.41. The van der Waals surface area contributed by atoms with Gasteiger partial charge in [-0.05, 0) is 12.6 Å². The van der Waals surface area contributed by atoms with Crippen molar-refractivity contribution in [1.29, 1.82) is 0 Å². The lowest BCUT2D eigenvalue weighted by molar-refractivity contribution is -0.149. The Labute approximate surface area is 108 Å². The molecular formula is C14H20N2O2. The number of hydrogen-bond acceptors (Lipinski definition) is 4. The van der Waals surface area contributed by atoms with Crippen molar-refractivity contribution in [2.45, 2.75) is 12.6 Å². The Kier molecular flexibility index (Phi) is 4.33. The van der Waals surface area contributed by atoms with Crippen LogP contribution >= 0.6 is 0 Å². The monoisotopic (exact) mass is 248 g/mol. The van der Waals surface area contributed by atoms with E-state index in [1.165, 1.54) is 12.7 Å². The molecule has 1 atom stereocenters. The molecule has 0 saturated carbocycles. The van der Waals surface area contributed by atoms with Gasteiger partial charge in [0.2, 0.25) is 0 Å². The minimum atomic E-state index is -0.158. The highest BCUT2D eigenvalue weighted by Crippen LogP contribution is 2.14. The summed E-state index contributed by atoms with van der Waals surface area (Å²) in [6.45, 7) is 3.42. The summed E-state index contributed by atoms with van der Waals surface area (Å²) in [6.07, 6.45) is 0. The molecule has 1 fully saturated rings. The summed E-state index contributed by atoms with van der Waals surface area (Å²) in [5, 5.41) is 0. The van der Waals surface area contributed by atoms with Crippen molar-refractivity contribution in [3.63, 3.8) is 0 Å². The number of methoxy groups -OCH3 is 1. The first-order chi connectivity index (χ1) is 8.70. The summed E-state index contributed by atoms with van der Waals surface area (Å²) in [7, 11) is 3.49. The van der Waals surface area contributed by atoms with Crippen LogP contribution in [0.1, 0.15) is 5.56 Å². The van der Waals surface area contributed by atoms with Gasteiger partial charge in [0.05, 0.1) is 7.11 Å². The van der Waals surface area contributed by atoms with Crippen molar-refractivity contribution in [2.24, 2.45) is 0 Å². The molecule has 18 heavy (non-hydrogen) atoms. The minimum Gasteiger partial charge on any atom is -0.468 e. The highest BCUT2D eigenvalue weighted by molar-refractivity contribution is 5.76. The average molecular weight is 248 g/mol. The van der Waals surface area contributed by atoms with Crippen molar-refractivity contribution in [3.8, 4) is 0 Å². The molecule has 4 heteroatoms. The molecule has 1 aromatic carbocycles. The normalized spacial score (nSPS) is 21.8. The van der Waals surface area contributed by atoms with Gasteiger partial charge in [-0.2, -0.15) is 0 Å². The number of esters is 1. The van der Waals surface area contributed by atoms with Crippen molar-refractivity contribution in [2.75, 3.05) is 33.8 Å². The third-order valence-corrected chi connectivity index (χ3v) is 3.40. The first-order valence-corrected chi connectivity index (χ1v) is 6.25. The topological polar surface area (TPSA) is 32.8 Å². The Morgan fingerprint density at radius 1 is 1.33 bits per heavy atom. The van der Waals surface area contributed by atoms with Crippen LogP contribution in [0.25, 0.3) is 0 Å². The van der Waals surface area contributed by atoms with E-state index in [-0.39, 0.29) is 12.0 Å². The summed E-state index contributed by atoms with van der Waals surface area (Å²) in [6, 6.07) is 10.1. The van der Waals surface area contributed by atoms with E-state index in [9.17, 15) is 4.79 Å². The van der Waals surface area contributed by atoms with Crippen LogP contribution < -0.4 is 0 Å². The first kappa shape index (κ1) is 13.1. The van der Waals surface area contributed by atoms with Crippen LogP contribution in [-0.2, 0) is 16.1 Å². The van der Waals surface area contributed by atoms with Crippen LogP contribution in [0.4, 0.5) is 0 Å². The van der Waals surface area contributed by atoms with Gasteiger partial charge in [-0.1, -0.05) is 30.3 Å². The van der Waals surface area contributed by atoms with E-state index >= 15 is 0 Å². The van der Waals surface area contributed by atoms with E-state index in [1.54, 1.807) is 0 Å². The van der Waals surface area contributed by atoms with Gasteiger partial charge in [-0.25, -0.2) is 0 Å². The zero-order valence-electron chi connectivity index (χ0n) is 11.0. The number of rotatable bonds is 3. The number of piperazine rings is 1. The minimum absolute atomic E-state index is 0.141. The summed E-state index contributed by atoms with van der Waals surface area (Å²) < 4.78 is 4.90. The highest BCUT2D eigenvalue weighted by atomic mass is 16.5. The zero-order chi connectivity index (χ0) is 13.0. The summed E-state index contributed by atoms with van der Waals surface area (Å²) >= 11 is 0. The van der Waals surface area contributed by atoms with E-state index in [1.807, 2.05) is 25.2 Å². The largest absolute Gasteiger partial charge is 0.468 e. The summed E-state index contributed by atoms with van der Waals surface area (Å²) in [5.41, 5.74) is 1.23. The molecule has 0 unspecified atom stereocenters. The molecule has 0 spiro atoms. The van der Waals surface area contributed by atoms with Gasteiger partial charge < -0.3 is 9.64 Å². The molecule has 0 aromatic heterocycles. The molecule has 4 nitrogen and oxygen atoms in total. The fraction of sp³-hybridized carbons (Fsp3) is 0.500. The maximum absolute atomic E-state index is 11.8. The van der Waals surface area contributed by atoms with Crippen LogP contribution in [-0.4, -0.2) is 55.6 Å². The lowest BCUT2D eigenvalue weighted by Gasteiger charge is -2.38. The Morgan fingerprint density at radius 2 is 2.06 bits per heavy atom. The number of hydrogen-bond donors (Lipinski definition) is 0. The SMILES string of the molecule is COC(=O)[C@@H]1CN(C)CCN1Cc1ccccc1. The van der Waals surface area contributed by atoms with Gasteiger partial charge in [-0.15, -0.1) is 0 Å². The maximum atomic E-state index is 11.8. The van der Waals surface area contributed by atoms with Crippen LogP contribution in [0.3, 0.4) is 0 Å². The molecule has 0 N–H and O–H groups in total. The van der Waals surface area contributed by atoms with Crippen molar-refractivity contribution in [1.82, 2.24) is 9.80 Å². The number of carbonyl (C=O) groups is 1. The number of carbonyl (C=O) groups excluding carboxylic acids is 1. The fourth-order valence-electron chi connectivity index (χ4n) is 2.32.